The van der Waals surface area contributed by atoms with Crippen molar-refractivity contribution in [2.45, 2.75) is 55.4 Å². The number of rotatable bonds is 9. The van der Waals surface area contributed by atoms with E-state index in [1.165, 1.54) is 11.8 Å². The lowest BCUT2D eigenvalue weighted by Gasteiger charge is -2.42. The first kappa shape index (κ1) is 34.4. The fraction of sp³-hybridized carbons (Fsp3) is 0.438. The molecule has 2 atom stereocenters. The second kappa shape index (κ2) is 14.4. The molecule has 5 heterocycles. The molecule has 0 unspecified atom stereocenters. The van der Waals surface area contributed by atoms with Crippen LogP contribution in [0.3, 0.4) is 0 Å². The molecule has 1 spiro atoms. The van der Waals surface area contributed by atoms with Crippen LogP contribution in [-0.4, -0.2) is 82.5 Å². The summed E-state index contributed by atoms with van der Waals surface area (Å²) >= 11 is 8.29. The predicted molar refractivity (Wildman–Crippen MR) is 181 cm³/mol. The number of carbonyl (C=O) groups excluding carboxylic acids is 1. The number of hydrogen-bond acceptors (Lipinski definition) is 10. The van der Waals surface area contributed by atoms with Crippen molar-refractivity contribution in [3.05, 3.63) is 64.7 Å². The van der Waals surface area contributed by atoms with E-state index in [0.29, 0.717) is 52.5 Å². The van der Waals surface area contributed by atoms with Gasteiger partial charge in [0.15, 0.2) is 11.5 Å². The predicted octanol–water partition coefficient (Wildman–Crippen LogP) is 4.53. The number of carbonyl (C=O) groups is 1. The maximum Gasteiger partial charge on any atom is 0.251 e. The van der Waals surface area contributed by atoms with E-state index in [1.807, 2.05) is 48.8 Å². The number of ether oxygens (including phenoxy) is 2. The Hall–Kier alpha value is -2.97. The van der Waals surface area contributed by atoms with Crippen LogP contribution >= 0.6 is 35.8 Å². The third-order valence-corrected chi connectivity index (χ3v) is 10.5. The zero-order valence-corrected chi connectivity index (χ0v) is 28.4. The van der Waals surface area contributed by atoms with Crippen molar-refractivity contribution in [2.24, 2.45) is 11.1 Å². The van der Waals surface area contributed by atoms with Crippen LogP contribution in [0, 0.1) is 12.3 Å². The van der Waals surface area contributed by atoms with E-state index < -0.39 is 0 Å². The van der Waals surface area contributed by atoms with Gasteiger partial charge in [-0.3, -0.25) is 4.79 Å². The number of anilines is 1. The molecular weight excluding hydrogens is 649 g/mol. The maximum atomic E-state index is 12.3. The van der Waals surface area contributed by atoms with Gasteiger partial charge in [0, 0.05) is 66.6 Å². The highest BCUT2D eigenvalue weighted by atomic mass is 35.5. The lowest BCUT2D eigenvalue weighted by atomic mass is 9.73. The summed E-state index contributed by atoms with van der Waals surface area (Å²) in [6.45, 7) is 6.92. The van der Waals surface area contributed by atoms with Crippen molar-refractivity contribution in [3.63, 3.8) is 0 Å². The number of hydrogen-bond donors (Lipinski definition) is 3. The number of nitrogens with two attached hydrogens (primary N) is 1. The molecule has 3 aromatic heterocycles. The number of imidazole rings is 1. The summed E-state index contributed by atoms with van der Waals surface area (Å²) in [5.41, 5.74) is 10.6. The molecule has 11 nitrogen and oxygen atoms in total. The number of pyridine rings is 1. The molecule has 0 aliphatic carbocycles. The minimum Gasteiger partial charge on any atom is -0.390 e. The zero-order chi connectivity index (χ0) is 31.7. The van der Waals surface area contributed by atoms with E-state index in [1.54, 1.807) is 19.2 Å². The number of fused-ring (bicyclic) bond motifs is 1. The van der Waals surface area contributed by atoms with Crippen molar-refractivity contribution in [2.75, 3.05) is 44.9 Å². The molecule has 6 rings (SSSR count). The number of methoxy groups -OCH3 is 1. The molecule has 2 aliphatic rings. The number of amides is 1. The molecule has 2 aliphatic heterocycles. The molecule has 14 heteroatoms. The van der Waals surface area contributed by atoms with Gasteiger partial charge < -0.3 is 34.9 Å². The normalized spacial score (nSPS) is 19.0. The topological polar surface area (TPSA) is 140 Å². The molecule has 246 valence electrons. The fourth-order valence-corrected chi connectivity index (χ4v) is 7.29. The van der Waals surface area contributed by atoms with Gasteiger partial charge in [-0.15, -0.1) is 12.4 Å². The molecule has 0 bridgehead atoms. The monoisotopic (exact) mass is 687 g/mol. The smallest absolute Gasteiger partial charge is 0.251 e. The zero-order valence-electron chi connectivity index (χ0n) is 26.0. The second-order valence-corrected chi connectivity index (χ2v) is 13.1. The Labute approximate surface area is 283 Å². The van der Waals surface area contributed by atoms with Gasteiger partial charge in [0.1, 0.15) is 10.7 Å². The van der Waals surface area contributed by atoms with Crippen LogP contribution in [0.4, 0.5) is 5.82 Å². The molecule has 0 radical (unpaired) electrons. The average Bonchev–Trinajstić information content (AvgIpc) is 3.61. The highest BCUT2D eigenvalue weighted by Crippen LogP contribution is 2.43. The number of piperidine rings is 1. The minimum absolute atomic E-state index is 0. The van der Waals surface area contributed by atoms with Crippen LogP contribution in [0.2, 0.25) is 5.02 Å². The maximum absolute atomic E-state index is 12.3. The van der Waals surface area contributed by atoms with Crippen LogP contribution in [0.25, 0.3) is 16.9 Å². The first-order valence-corrected chi connectivity index (χ1v) is 16.3. The van der Waals surface area contributed by atoms with E-state index in [2.05, 4.69) is 10.2 Å². The molecule has 1 amide bonds. The van der Waals surface area contributed by atoms with Crippen LogP contribution in [0.5, 0.6) is 0 Å². The Bertz CT molecular complexity index is 1700. The summed E-state index contributed by atoms with van der Waals surface area (Å²) in [4.78, 5) is 29.8. The molecule has 2 saturated heterocycles. The standard InChI is InChI=1S/C32H38ClN7O4S.ClH/c1-19-31(38-24(17-41)28(36-19)39-13-9-32(10-14-39)18-44-20(2)27(32)34)45-25-8-12-40-16-23(37-29(40)26(25)33)21-4-6-22(7-5-21)30(42)35-11-15-43-3;/h4-8,12,16,20,27,41H,9-11,13-15,17-18,34H2,1-3H3,(H,35,42);1H/t20-,27+;/m0./s1. The van der Waals surface area contributed by atoms with Crippen LogP contribution in [-0.2, 0) is 16.1 Å². The van der Waals surface area contributed by atoms with E-state index in [9.17, 15) is 9.90 Å². The van der Waals surface area contributed by atoms with Gasteiger partial charge in [-0.1, -0.05) is 35.5 Å². The van der Waals surface area contributed by atoms with E-state index in [-0.39, 0.29) is 42.5 Å². The summed E-state index contributed by atoms with van der Waals surface area (Å²) in [5.74, 6) is 0.560. The summed E-state index contributed by atoms with van der Waals surface area (Å²) < 4.78 is 12.7. The summed E-state index contributed by atoms with van der Waals surface area (Å²) in [6.07, 6.45) is 5.71. The number of aliphatic hydroxyl groups is 1. The van der Waals surface area contributed by atoms with Crippen LogP contribution in [0.1, 0.15) is 41.5 Å². The van der Waals surface area contributed by atoms with Crippen molar-refractivity contribution in [1.29, 1.82) is 0 Å². The molecule has 0 saturated carbocycles. The molecule has 46 heavy (non-hydrogen) atoms. The molecule has 4 N–H and O–H groups in total. The largest absolute Gasteiger partial charge is 0.390 e. The SMILES string of the molecule is COCCNC(=O)c1ccc(-c2cn3ccc(Sc4nc(CO)c(N5CCC6(CC5)CO[C@@H](C)[C@H]6N)nc4C)c(Cl)c3n2)cc1.Cl. The van der Waals surface area contributed by atoms with Gasteiger partial charge in [0.2, 0.25) is 0 Å². The Morgan fingerprint density at radius 3 is 2.61 bits per heavy atom. The van der Waals surface area contributed by atoms with Crippen molar-refractivity contribution in [3.8, 4) is 11.3 Å². The number of aryl methyl sites for hydroxylation is 1. The first-order valence-electron chi connectivity index (χ1n) is 15.1. The quantitative estimate of drug-likeness (QED) is 0.215. The lowest BCUT2D eigenvalue weighted by Crippen LogP contribution is -2.51. The van der Waals surface area contributed by atoms with Gasteiger partial charge in [-0.25, -0.2) is 15.0 Å². The third kappa shape index (κ3) is 6.70. The molecular formula is C32H39Cl2N7O4S. The summed E-state index contributed by atoms with van der Waals surface area (Å²) in [7, 11) is 1.59. The second-order valence-electron chi connectivity index (χ2n) is 11.7. The number of nitrogens with one attached hydrogen (secondary N) is 1. The van der Waals surface area contributed by atoms with Crippen molar-refractivity contribution in [1.82, 2.24) is 24.7 Å². The van der Waals surface area contributed by atoms with E-state index >= 15 is 0 Å². The Balaban J connectivity index is 0.00000417. The number of halogens is 2. The van der Waals surface area contributed by atoms with Gasteiger partial charge >= 0.3 is 0 Å². The van der Waals surface area contributed by atoms with Gasteiger partial charge in [-0.05, 0) is 44.9 Å². The number of nitrogens with zero attached hydrogens (tertiary/aromatic N) is 5. The minimum atomic E-state index is -0.221. The van der Waals surface area contributed by atoms with Gasteiger partial charge in [0.05, 0.1) is 42.3 Å². The van der Waals surface area contributed by atoms with Crippen LogP contribution < -0.4 is 16.0 Å². The Morgan fingerprint density at radius 2 is 1.96 bits per heavy atom. The third-order valence-electron chi connectivity index (χ3n) is 8.91. The summed E-state index contributed by atoms with van der Waals surface area (Å²) in [5, 5.41) is 14.3. The van der Waals surface area contributed by atoms with E-state index in [4.69, 9.17) is 41.8 Å². The molecule has 1 aromatic carbocycles. The van der Waals surface area contributed by atoms with Crippen molar-refractivity contribution < 1.29 is 19.4 Å². The Morgan fingerprint density at radius 1 is 1.22 bits per heavy atom. The Kier molecular flexibility index (Phi) is 10.8. The first-order chi connectivity index (χ1) is 21.7. The highest BCUT2D eigenvalue weighted by molar-refractivity contribution is 7.99. The van der Waals surface area contributed by atoms with Gasteiger partial charge in [0.25, 0.3) is 5.91 Å². The molecule has 2 fully saturated rings. The van der Waals surface area contributed by atoms with E-state index in [0.717, 1.165) is 47.8 Å². The average molecular weight is 689 g/mol. The number of aromatic nitrogens is 4. The van der Waals surface area contributed by atoms with Crippen molar-refractivity contribution >= 4 is 53.1 Å². The van der Waals surface area contributed by atoms with Crippen LogP contribution in [0.15, 0.2) is 52.6 Å². The lowest BCUT2D eigenvalue weighted by molar-refractivity contribution is 0.0937. The molecule has 4 aromatic rings. The fourth-order valence-electron chi connectivity index (χ4n) is 6.10. The van der Waals surface area contributed by atoms with Gasteiger partial charge in [-0.2, -0.15) is 0 Å². The number of benzene rings is 1. The highest BCUT2D eigenvalue weighted by Gasteiger charge is 2.47. The summed E-state index contributed by atoms with van der Waals surface area (Å²) in [6, 6.07) is 9.23. The number of aliphatic hydroxyl groups excluding tert-OH is 1.